The van der Waals surface area contributed by atoms with Crippen molar-refractivity contribution >= 4 is 61.0 Å². The summed E-state index contributed by atoms with van der Waals surface area (Å²) in [5.74, 6) is 2.34. The Labute approximate surface area is 287 Å². The normalized spacial score (nSPS) is 11.6. The van der Waals surface area contributed by atoms with Crippen LogP contribution in [0.5, 0.6) is 0 Å². The smallest absolute Gasteiger partial charge is 0.164 e. The van der Waals surface area contributed by atoms with Crippen LogP contribution in [-0.4, -0.2) is 43.8 Å². The minimum atomic E-state index is 0.585. The predicted octanol–water partition coefficient (Wildman–Crippen LogP) is 8.51. The van der Waals surface area contributed by atoms with E-state index in [0.717, 1.165) is 43.8 Å². The molecule has 2 aliphatic heterocycles. The molecule has 1 N–H and O–H groups in total. The summed E-state index contributed by atoms with van der Waals surface area (Å²) in [6.45, 7) is 4.95. The SMILES string of the molecule is [CH-]=C/C=C\[CH]=[Co].[CH2-]Sn1c2nc3nc(nc4[nH]c(nc5nc(nc1c1ccccc12)-c1ccccc1-5)c1ccccc41)-c1ccccc1-3. The maximum atomic E-state index is 5.14. The summed E-state index contributed by atoms with van der Waals surface area (Å²) in [5, 5.41) is 3.79. The van der Waals surface area contributed by atoms with Crippen molar-refractivity contribution in [2.75, 3.05) is 0 Å². The van der Waals surface area contributed by atoms with E-state index in [4.69, 9.17) is 36.5 Å². The summed E-state index contributed by atoms with van der Waals surface area (Å²) < 4.78 is 1.95. The van der Waals surface area contributed by atoms with Gasteiger partial charge in [-0.15, -0.1) is 0 Å². The van der Waals surface area contributed by atoms with Gasteiger partial charge in [0.1, 0.15) is 11.3 Å². The molecule has 0 fully saturated rings. The number of rotatable bonds is 3. The summed E-state index contributed by atoms with van der Waals surface area (Å²) >= 11 is 5.11. The molecule has 0 atom stereocenters. The molecule has 48 heavy (non-hydrogen) atoms. The van der Waals surface area contributed by atoms with Gasteiger partial charge < -0.3 is 4.98 Å². The second kappa shape index (κ2) is 12.6. The fourth-order valence-corrected chi connectivity index (χ4v) is 6.53. The Balaban J connectivity index is 0.000000517. The zero-order valence-corrected chi connectivity index (χ0v) is 27.1. The maximum absolute atomic E-state index is 5.14. The van der Waals surface area contributed by atoms with E-state index in [2.05, 4.69) is 26.5 Å². The van der Waals surface area contributed by atoms with E-state index in [1.54, 1.807) is 17.1 Å². The molecule has 8 bridgehead atoms. The van der Waals surface area contributed by atoms with Gasteiger partial charge in [0, 0.05) is 43.8 Å². The van der Waals surface area contributed by atoms with Crippen LogP contribution >= 0.6 is 11.9 Å². The second-order valence-electron chi connectivity index (χ2n) is 10.7. The Morgan fingerprint density at radius 2 is 0.958 bits per heavy atom. The van der Waals surface area contributed by atoms with Crippen LogP contribution in [-0.2, 0) is 15.3 Å². The fourth-order valence-electron chi connectivity index (χ4n) is 5.89. The van der Waals surface area contributed by atoms with Crippen molar-refractivity contribution in [3.8, 4) is 45.6 Å². The van der Waals surface area contributed by atoms with E-state index >= 15 is 0 Å². The molecule has 0 saturated carbocycles. The number of allylic oxidation sites excluding steroid dienone is 3. The largest absolute Gasteiger partial charge is 0.324 e. The van der Waals surface area contributed by atoms with Crippen LogP contribution in [0.15, 0.2) is 115 Å². The number of hydrogen-bond donors (Lipinski definition) is 1. The molecule has 9 rings (SSSR count). The summed E-state index contributed by atoms with van der Waals surface area (Å²) in [7, 11) is 0. The Kier molecular flexibility index (Phi) is 7.81. The zero-order valence-electron chi connectivity index (χ0n) is 25.2. The van der Waals surface area contributed by atoms with Gasteiger partial charge >= 0.3 is 45.1 Å². The summed E-state index contributed by atoms with van der Waals surface area (Å²) in [6.07, 6.45) is 9.05. The van der Waals surface area contributed by atoms with Gasteiger partial charge in [0.05, 0.1) is 0 Å². The number of H-pyrrole nitrogens is 1. The van der Waals surface area contributed by atoms with Crippen LogP contribution in [0.1, 0.15) is 0 Å². The number of fused-ring (bicyclic) bond motifs is 20. The topological polar surface area (TPSA) is 98.1 Å². The predicted molar refractivity (Wildman–Crippen MR) is 192 cm³/mol. The molecule has 0 amide bonds. The van der Waals surface area contributed by atoms with Gasteiger partial charge in [0.2, 0.25) is 0 Å². The van der Waals surface area contributed by atoms with Crippen LogP contribution in [0, 0.1) is 12.8 Å². The number of nitrogens with one attached hydrogen (secondary N) is 1. The van der Waals surface area contributed by atoms with E-state index in [1.807, 2.05) is 101 Å². The van der Waals surface area contributed by atoms with E-state index < -0.39 is 0 Å². The van der Waals surface area contributed by atoms with Crippen LogP contribution in [0.3, 0.4) is 0 Å². The molecular formula is C38H24CoN8S-2. The van der Waals surface area contributed by atoms with Gasteiger partial charge in [0.15, 0.2) is 34.6 Å². The number of benzene rings is 4. The molecular weight excluding hydrogens is 659 g/mol. The molecule has 3 aromatic heterocycles. The van der Waals surface area contributed by atoms with Crippen molar-refractivity contribution in [2.45, 2.75) is 0 Å². The minimum Gasteiger partial charge on any atom is -0.324 e. The average Bonchev–Trinajstić information content (AvgIpc) is 3.85. The Bertz CT molecular complexity index is 2450. The molecule has 4 aromatic carbocycles. The Morgan fingerprint density at radius 1 is 0.562 bits per heavy atom. The molecule has 7 aromatic rings. The average molecular weight is 684 g/mol. The summed E-state index contributed by atoms with van der Waals surface area (Å²) in [6, 6.07) is 32.3. The van der Waals surface area contributed by atoms with Crippen LogP contribution in [0.4, 0.5) is 0 Å². The van der Waals surface area contributed by atoms with Crippen LogP contribution in [0.2, 0.25) is 0 Å². The summed E-state index contributed by atoms with van der Waals surface area (Å²) in [5.41, 5.74) is 6.44. The van der Waals surface area contributed by atoms with E-state index in [1.165, 1.54) is 18.0 Å². The number of nitrogens with zero attached hydrogens (tertiary/aromatic N) is 7. The van der Waals surface area contributed by atoms with E-state index in [9.17, 15) is 0 Å². The van der Waals surface area contributed by atoms with Crippen molar-refractivity contribution in [2.24, 2.45) is 0 Å². The van der Waals surface area contributed by atoms with Gasteiger partial charge in [-0.2, -0.15) is 0 Å². The first-order chi connectivity index (χ1) is 23.7. The Hall–Kier alpha value is -5.55. The van der Waals surface area contributed by atoms with Crippen molar-refractivity contribution < 1.29 is 15.3 Å². The molecule has 0 spiro atoms. The van der Waals surface area contributed by atoms with Gasteiger partial charge in [-0.3, -0.25) is 10.2 Å². The molecule has 8 nitrogen and oxygen atoms in total. The maximum Gasteiger partial charge on any atom is 0.164 e. The van der Waals surface area contributed by atoms with Crippen LogP contribution < -0.4 is 0 Å². The van der Waals surface area contributed by atoms with Crippen molar-refractivity contribution in [3.63, 3.8) is 0 Å². The quantitative estimate of drug-likeness (QED) is 0.147. The molecule has 0 radical (unpaired) electrons. The molecule has 0 unspecified atom stereocenters. The molecule has 5 heterocycles. The fraction of sp³-hybridized carbons (Fsp3) is 0. The van der Waals surface area contributed by atoms with Crippen molar-refractivity contribution in [3.05, 3.63) is 128 Å². The molecule has 233 valence electrons. The minimum absolute atomic E-state index is 0.585. The Morgan fingerprint density at radius 3 is 1.33 bits per heavy atom. The third-order valence-electron chi connectivity index (χ3n) is 7.98. The first-order valence-corrected chi connectivity index (χ1v) is 16.5. The number of aromatic amines is 1. The summed E-state index contributed by atoms with van der Waals surface area (Å²) in [4.78, 5) is 35.4. The van der Waals surface area contributed by atoms with Gasteiger partial charge in [-0.05, 0) is 0 Å². The molecule has 2 aliphatic rings. The molecule has 0 saturated heterocycles. The van der Waals surface area contributed by atoms with Gasteiger partial charge in [0.25, 0.3) is 0 Å². The zero-order chi connectivity index (χ0) is 32.6. The monoisotopic (exact) mass is 683 g/mol. The van der Waals surface area contributed by atoms with E-state index in [0.29, 0.717) is 45.9 Å². The number of hydrogen-bond acceptors (Lipinski definition) is 7. The first-order valence-electron chi connectivity index (χ1n) is 14.9. The van der Waals surface area contributed by atoms with Gasteiger partial charge in [-0.1, -0.05) is 97.1 Å². The first kappa shape index (κ1) is 29.8. The molecule has 10 heteroatoms. The van der Waals surface area contributed by atoms with Crippen LogP contribution in [0.25, 0.3) is 89.7 Å². The van der Waals surface area contributed by atoms with E-state index in [-0.39, 0.29) is 0 Å². The van der Waals surface area contributed by atoms with Crippen molar-refractivity contribution in [1.29, 1.82) is 0 Å². The number of aromatic nitrogens is 8. The third kappa shape index (κ3) is 5.07. The van der Waals surface area contributed by atoms with Crippen molar-refractivity contribution in [1.82, 2.24) is 38.9 Å². The second-order valence-corrected chi connectivity index (χ2v) is 11.7. The molecule has 0 aliphatic carbocycles. The standard InChI is InChI=1S/C33H19N8S.C5H5.Co/c1-42-41-32-24-16-8-9-17-25(24)33(41)40-31-23-15-7-5-13-21(23)29(38-31)36-27-19-11-3-2-10-18(19)26(34-27)35-28-20-12-4-6-14-22(20)30(37-28)39-32;1-3-5-4-2;/h2-17H,1H2,(H,34,35,36,37,38,39,40);1-5H;/q2*-1;/b;5-3-;. The third-order valence-corrected chi connectivity index (χ3v) is 8.79. The van der Waals surface area contributed by atoms with Gasteiger partial charge in [-0.25, -0.2) is 41.9 Å².